The topological polar surface area (TPSA) is 84.7 Å². The number of hydrogen-bond donors (Lipinski definition) is 2. The molecule has 1 aliphatic rings. The minimum absolute atomic E-state index is 0.101. The Morgan fingerprint density at radius 1 is 1.21 bits per heavy atom. The highest BCUT2D eigenvalue weighted by atomic mass is 16.5. The number of fused-ring (bicyclic) bond motifs is 1. The Bertz CT molecular complexity index is 917. The standard InChI is InChI=1S/C22H25N3O3/c1-14(2)12-24-21(26)13-25-18-11-17(23)8-9-19(18)28-20(22(25)27)10-16-6-4-15(3)5-7-16/h4-11,14H,12-13,23H2,1-3H3,(H,24,26)/b20-10+. The van der Waals surface area contributed by atoms with Gasteiger partial charge >= 0.3 is 0 Å². The molecule has 146 valence electrons. The van der Waals surface area contributed by atoms with Crippen LogP contribution in [0.4, 0.5) is 11.4 Å². The molecule has 0 aromatic heterocycles. The molecule has 2 aromatic carbocycles. The quantitative estimate of drug-likeness (QED) is 0.617. The second kappa shape index (κ2) is 8.17. The number of amides is 2. The summed E-state index contributed by atoms with van der Waals surface area (Å²) in [6.07, 6.45) is 1.68. The average Bonchev–Trinajstić information content (AvgIpc) is 2.65. The molecule has 0 fully saturated rings. The SMILES string of the molecule is Cc1ccc(/C=C2/Oc3ccc(N)cc3N(CC(=O)NCC(C)C)C2=O)cc1. The van der Waals surface area contributed by atoms with Crippen LogP contribution in [0.15, 0.2) is 48.2 Å². The summed E-state index contributed by atoms with van der Waals surface area (Å²) in [5.41, 5.74) is 8.84. The lowest BCUT2D eigenvalue weighted by Crippen LogP contribution is -2.44. The molecule has 3 N–H and O–H groups in total. The van der Waals surface area contributed by atoms with Crippen LogP contribution < -0.4 is 20.7 Å². The van der Waals surface area contributed by atoms with E-state index >= 15 is 0 Å². The number of benzene rings is 2. The van der Waals surface area contributed by atoms with Gasteiger partial charge in [0.25, 0.3) is 5.91 Å². The van der Waals surface area contributed by atoms with Crippen molar-refractivity contribution < 1.29 is 14.3 Å². The van der Waals surface area contributed by atoms with E-state index in [0.29, 0.717) is 29.6 Å². The minimum Gasteiger partial charge on any atom is -0.449 e. The van der Waals surface area contributed by atoms with Gasteiger partial charge in [-0.1, -0.05) is 43.7 Å². The van der Waals surface area contributed by atoms with Gasteiger partial charge in [-0.25, -0.2) is 0 Å². The number of carbonyl (C=O) groups is 2. The second-order valence-electron chi connectivity index (χ2n) is 7.34. The molecule has 0 aliphatic carbocycles. The Morgan fingerprint density at radius 2 is 1.93 bits per heavy atom. The summed E-state index contributed by atoms with van der Waals surface area (Å²) in [6.45, 7) is 6.47. The molecule has 1 aliphatic heterocycles. The van der Waals surface area contributed by atoms with Crippen LogP contribution in [0.5, 0.6) is 5.75 Å². The van der Waals surface area contributed by atoms with Crippen molar-refractivity contribution in [2.75, 3.05) is 23.7 Å². The Kier molecular flexibility index (Phi) is 5.68. The smallest absolute Gasteiger partial charge is 0.294 e. The van der Waals surface area contributed by atoms with Crippen LogP contribution in [0.2, 0.25) is 0 Å². The van der Waals surface area contributed by atoms with Crippen molar-refractivity contribution in [3.63, 3.8) is 0 Å². The maximum atomic E-state index is 13.1. The van der Waals surface area contributed by atoms with E-state index in [2.05, 4.69) is 5.32 Å². The zero-order valence-corrected chi connectivity index (χ0v) is 16.4. The van der Waals surface area contributed by atoms with Crippen molar-refractivity contribution in [2.45, 2.75) is 20.8 Å². The zero-order chi connectivity index (χ0) is 20.3. The van der Waals surface area contributed by atoms with Gasteiger partial charge in [0.1, 0.15) is 6.54 Å². The first-order chi connectivity index (χ1) is 13.3. The molecule has 2 aromatic rings. The molecule has 0 bridgehead atoms. The predicted molar refractivity (Wildman–Crippen MR) is 111 cm³/mol. The number of nitrogens with one attached hydrogen (secondary N) is 1. The van der Waals surface area contributed by atoms with Crippen molar-refractivity contribution in [1.82, 2.24) is 5.32 Å². The first kappa shape index (κ1) is 19.5. The molecule has 3 rings (SSSR count). The fourth-order valence-corrected chi connectivity index (χ4v) is 2.82. The van der Waals surface area contributed by atoms with Crippen molar-refractivity contribution in [2.24, 2.45) is 5.92 Å². The van der Waals surface area contributed by atoms with Crippen LogP contribution in [0.1, 0.15) is 25.0 Å². The lowest BCUT2D eigenvalue weighted by atomic mass is 10.1. The number of rotatable bonds is 5. The Morgan fingerprint density at radius 3 is 2.61 bits per heavy atom. The van der Waals surface area contributed by atoms with Gasteiger partial charge in [0, 0.05) is 12.2 Å². The van der Waals surface area contributed by atoms with E-state index in [1.165, 1.54) is 4.90 Å². The van der Waals surface area contributed by atoms with Gasteiger partial charge in [0.2, 0.25) is 5.91 Å². The Hall–Kier alpha value is -3.28. The van der Waals surface area contributed by atoms with Gasteiger partial charge in [-0.15, -0.1) is 0 Å². The van der Waals surface area contributed by atoms with E-state index in [4.69, 9.17) is 10.5 Å². The van der Waals surface area contributed by atoms with E-state index in [9.17, 15) is 9.59 Å². The summed E-state index contributed by atoms with van der Waals surface area (Å²) in [7, 11) is 0. The lowest BCUT2D eigenvalue weighted by Gasteiger charge is -2.30. The molecule has 0 spiro atoms. The Balaban J connectivity index is 1.92. The monoisotopic (exact) mass is 379 g/mol. The molecular weight excluding hydrogens is 354 g/mol. The number of ether oxygens (including phenoxy) is 1. The number of nitrogens with zero attached hydrogens (tertiary/aromatic N) is 1. The molecule has 28 heavy (non-hydrogen) atoms. The van der Waals surface area contributed by atoms with E-state index < -0.39 is 0 Å². The molecule has 6 nitrogen and oxygen atoms in total. The van der Waals surface area contributed by atoms with Gasteiger partial charge in [-0.05, 0) is 42.7 Å². The van der Waals surface area contributed by atoms with E-state index in [1.54, 1.807) is 24.3 Å². The Labute approximate surface area is 165 Å². The summed E-state index contributed by atoms with van der Waals surface area (Å²) >= 11 is 0. The third-order valence-electron chi connectivity index (χ3n) is 4.33. The van der Waals surface area contributed by atoms with Crippen LogP contribution in [-0.4, -0.2) is 24.9 Å². The molecule has 6 heteroatoms. The fourth-order valence-electron chi connectivity index (χ4n) is 2.82. The highest BCUT2D eigenvalue weighted by Gasteiger charge is 2.32. The van der Waals surface area contributed by atoms with Gasteiger partial charge in [0.15, 0.2) is 11.5 Å². The molecule has 0 saturated heterocycles. The van der Waals surface area contributed by atoms with E-state index in [0.717, 1.165) is 11.1 Å². The highest BCUT2D eigenvalue weighted by molar-refractivity contribution is 6.12. The van der Waals surface area contributed by atoms with Crippen LogP contribution in [0, 0.1) is 12.8 Å². The van der Waals surface area contributed by atoms with Crippen molar-refractivity contribution in [3.8, 4) is 5.75 Å². The van der Waals surface area contributed by atoms with Crippen molar-refractivity contribution in [3.05, 3.63) is 59.4 Å². The summed E-state index contributed by atoms with van der Waals surface area (Å²) < 4.78 is 5.83. The molecular formula is C22H25N3O3. The molecule has 2 amide bonds. The summed E-state index contributed by atoms with van der Waals surface area (Å²) in [5, 5.41) is 2.84. The third kappa shape index (κ3) is 4.52. The van der Waals surface area contributed by atoms with Crippen LogP contribution in [0.25, 0.3) is 6.08 Å². The third-order valence-corrected chi connectivity index (χ3v) is 4.33. The van der Waals surface area contributed by atoms with Crippen LogP contribution in [0.3, 0.4) is 0 Å². The molecule has 0 atom stereocenters. The van der Waals surface area contributed by atoms with Crippen LogP contribution >= 0.6 is 0 Å². The number of nitrogens with two attached hydrogens (primary N) is 1. The number of anilines is 2. The fraction of sp³-hybridized carbons (Fsp3) is 0.273. The summed E-state index contributed by atoms with van der Waals surface area (Å²) in [5.74, 6) is 0.372. The number of nitrogen functional groups attached to an aromatic ring is 1. The van der Waals surface area contributed by atoms with E-state index in [-0.39, 0.29) is 24.1 Å². The van der Waals surface area contributed by atoms with Crippen molar-refractivity contribution in [1.29, 1.82) is 0 Å². The molecule has 1 heterocycles. The van der Waals surface area contributed by atoms with Crippen molar-refractivity contribution >= 4 is 29.3 Å². The summed E-state index contributed by atoms with van der Waals surface area (Å²) in [4.78, 5) is 26.8. The largest absolute Gasteiger partial charge is 0.449 e. The normalized spacial score (nSPS) is 14.8. The second-order valence-corrected chi connectivity index (χ2v) is 7.34. The highest BCUT2D eigenvalue weighted by Crippen LogP contribution is 2.37. The maximum Gasteiger partial charge on any atom is 0.294 e. The maximum absolute atomic E-state index is 13.1. The van der Waals surface area contributed by atoms with Gasteiger partial charge in [-0.3, -0.25) is 14.5 Å². The summed E-state index contributed by atoms with van der Waals surface area (Å²) in [6, 6.07) is 12.8. The van der Waals surface area contributed by atoms with E-state index in [1.807, 2.05) is 45.0 Å². The number of hydrogen-bond acceptors (Lipinski definition) is 4. The first-order valence-electron chi connectivity index (χ1n) is 9.28. The number of carbonyl (C=O) groups excluding carboxylic acids is 2. The number of aryl methyl sites for hydroxylation is 1. The minimum atomic E-state index is -0.377. The average molecular weight is 379 g/mol. The van der Waals surface area contributed by atoms with Gasteiger partial charge < -0.3 is 15.8 Å². The zero-order valence-electron chi connectivity index (χ0n) is 16.4. The van der Waals surface area contributed by atoms with Gasteiger partial charge in [0.05, 0.1) is 5.69 Å². The predicted octanol–water partition coefficient (Wildman–Crippen LogP) is 3.12. The molecule has 0 radical (unpaired) electrons. The van der Waals surface area contributed by atoms with Gasteiger partial charge in [-0.2, -0.15) is 0 Å². The first-order valence-corrected chi connectivity index (χ1v) is 9.28. The molecule has 0 saturated carbocycles. The lowest BCUT2D eigenvalue weighted by molar-refractivity contribution is -0.123. The molecule has 0 unspecified atom stereocenters. The van der Waals surface area contributed by atoms with Crippen LogP contribution in [-0.2, 0) is 9.59 Å².